The van der Waals surface area contributed by atoms with Gasteiger partial charge < -0.3 is 9.80 Å². The summed E-state index contributed by atoms with van der Waals surface area (Å²) in [7, 11) is 0. The number of hydrogen-bond acceptors (Lipinski definition) is 4. The van der Waals surface area contributed by atoms with E-state index in [9.17, 15) is 18.8 Å². The van der Waals surface area contributed by atoms with Crippen LogP contribution in [0.25, 0.3) is 0 Å². The maximum Gasteiger partial charge on any atom is 0.233 e. The van der Waals surface area contributed by atoms with E-state index in [2.05, 4.69) is 4.90 Å². The number of amides is 3. The van der Waals surface area contributed by atoms with Crippen LogP contribution in [0.5, 0.6) is 0 Å². The SMILES string of the molecule is O=C(CCN1C(=O)[C@H]2CCCC[C@H]2C1=O)N1CCN(c2ccc(F)cc2)CC1. The van der Waals surface area contributed by atoms with Gasteiger partial charge in [0.25, 0.3) is 0 Å². The molecule has 2 atom stereocenters. The second-order valence-corrected chi connectivity index (χ2v) is 7.92. The number of imide groups is 1. The number of carbonyl (C=O) groups is 3. The Morgan fingerprint density at radius 1 is 0.929 bits per heavy atom. The van der Waals surface area contributed by atoms with Gasteiger partial charge >= 0.3 is 0 Å². The van der Waals surface area contributed by atoms with Gasteiger partial charge in [-0.3, -0.25) is 19.3 Å². The molecule has 2 heterocycles. The highest BCUT2D eigenvalue weighted by Crippen LogP contribution is 2.38. The normalized spacial score (nSPS) is 25.2. The molecule has 1 aromatic rings. The van der Waals surface area contributed by atoms with Crippen molar-refractivity contribution in [2.24, 2.45) is 11.8 Å². The highest BCUT2D eigenvalue weighted by atomic mass is 19.1. The molecule has 0 bridgehead atoms. The summed E-state index contributed by atoms with van der Waals surface area (Å²) in [5.41, 5.74) is 0.948. The predicted octanol–water partition coefficient (Wildman–Crippen LogP) is 2.04. The first kappa shape index (κ1) is 18.9. The summed E-state index contributed by atoms with van der Waals surface area (Å²) in [6.45, 7) is 2.74. The molecule has 2 aliphatic heterocycles. The number of carbonyl (C=O) groups excluding carboxylic acids is 3. The Morgan fingerprint density at radius 3 is 2.07 bits per heavy atom. The van der Waals surface area contributed by atoms with Crippen LogP contribution >= 0.6 is 0 Å². The summed E-state index contributed by atoms with van der Waals surface area (Å²) in [5.74, 6) is -0.754. The third-order valence-electron chi connectivity index (χ3n) is 6.31. The molecule has 150 valence electrons. The number of fused-ring (bicyclic) bond motifs is 1. The van der Waals surface area contributed by atoms with Crippen molar-refractivity contribution >= 4 is 23.4 Å². The van der Waals surface area contributed by atoms with Gasteiger partial charge in [0.05, 0.1) is 11.8 Å². The van der Waals surface area contributed by atoms with Crippen molar-refractivity contribution in [3.63, 3.8) is 0 Å². The highest BCUT2D eigenvalue weighted by Gasteiger charge is 2.47. The quantitative estimate of drug-likeness (QED) is 0.742. The Hall–Kier alpha value is -2.44. The number of hydrogen-bond donors (Lipinski definition) is 0. The molecule has 0 N–H and O–H groups in total. The molecule has 4 rings (SSSR count). The molecular formula is C21H26FN3O3. The number of anilines is 1. The van der Waals surface area contributed by atoms with E-state index >= 15 is 0 Å². The van der Waals surface area contributed by atoms with Crippen LogP contribution in [-0.2, 0) is 14.4 Å². The fourth-order valence-electron chi connectivity index (χ4n) is 4.68. The van der Waals surface area contributed by atoms with E-state index in [-0.39, 0.29) is 48.3 Å². The van der Waals surface area contributed by atoms with Crippen LogP contribution in [0.1, 0.15) is 32.1 Å². The molecule has 0 radical (unpaired) electrons. The van der Waals surface area contributed by atoms with Gasteiger partial charge in [-0.2, -0.15) is 0 Å². The van der Waals surface area contributed by atoms with Crippen LogP contribution in [0.15, 0.2) is 24.3 Å². The maximum atomic E-state index is 13.1. The number of nitrogens with zero attached hydrogens (tertiary/aromatic N) is 3. The number of benzene rings is 1. The van der Waals surface area contributed by atoms with Crippen LogP contribution in [-0.4, -0.2) is 60.2 Å². The predicted molar refractivity (Wildman–Crippen MR) is 102 cm³/mol. The lowest BCUT2D eigenvalue weighted by molar-refractivity contribution is -0.140. The third kappa shape index (κ3) is 3.62. The van der Waals surface area contributed by atoms with Crippen LogP contribution in [0, 0.1) is 17.7 Å². The Morgan fingerprint density at radius 2 is 1.50 bits per heavy atom. The van der Waals surface area contributed by atoms with E-state index in [0.29, 0.717) is 26.2 Å². The maximum absolute atomic E-state index is 13.1. The first-order chi connectivity index (χ1) is 13.5. The van der Waals surface area contributed by atoms with Gasteiger partial charge in [0.2, 0.25) is 17.7 Å². The smallest absolute Gasteiger partial charge is 0.233 e. The van der Waals surface area contributed by atoms with Crippen molar-refractivity contribution in [3.05, 3.63) is 30.1 Å². The Bertz CT molecular complexity index is 735. The fraction of sp³-hybridized carbons (Fsp3) is 0.571. The zero-order valence-corrected chi connectivity index (χ0v) is 16.0. The Balaban J connectivity index is 1.27. The molecule has 3 aliphatic rings. The van der Waals surface area contributed by atoms with Crippen LogP contribution in [0.4, 0.5) is 10.1 Å². The van der Waals surface area contributed by atoms with E-state index in [1.54, 1.807) is 17.0 Å². The molecule has 1 aliphatic carbocycles. The van der Waals surface area contributed by atoms with Gasteiger partial charge in [0.15, 0.2) is 0 Å². The average Bonchev–Trinajstić information content (AvgIpc) is 2.97. The standard InChI is InChI=1S/C21H26FN3O3/c22-15-5-7-16(8-6-15)23-11-13-24(14-12-23)19(26)9-10-25-20(27)17-3-1-2-4-18(17)21(25)28/h5-8,17-18H,1-4,9-14H2/t17-,18+. The second-order valence-electron chi connectivity index (χ2n) is 7.92. The van der Waals surface area contributed by atoms with E-state index in [1.165, 1.54) is 17.0 Å². The minimum Gasteiger partial charge on any atom is -0.368 e. The van der Waals surface area contributed by atoms with Crippen LogP contribution < -0.4 is 4.90 Å². The first-order valence-corrected chi connectivity index (χ1v) is 10.2. The van der Waals surface area contributed by atoms with Gasteiger partial charge in [-0.25, -0.2) is 4.39 Å². The largest absolute Gasteiger partial charge is 0.368 e. The monoisotopic (exact) mass is 387 g/mol. The summed E-state index contributed by atoms with van der Waals surface area (Å²) >= 11 is 0. The number of likely N-dealkylation sites (tertiary alicyclic amines) is 1. The van der Waals surface area contributed by atoms with Crippen molar-refractivity contribution in [2.75, 3.05) is 37.6 Å². The zero-order valence-electron chi connectivity index (χ0n) is 16.0. The van der Waals surface area contributed by atoms with Crippen molar-refractivity contribution in [1.82, 2.24) is 9.80 Å². The summed E-state index contributed by atoms with van der Waals surface area (Å²) in [6.07, 6.45) is 3.79. The minimum absolute atomic E-state index is 0.0192. The summed E-state index contributed by atoms with van der Waals surface area (Å²) < 4.78 is 13.1. The van der Waals surface area contributed by atoms with Crippen molar-refractivity contribution < 1.29 is 18.8 Å². The molecule has 2 saturated heterocycles. The van der Waals surface area contributed by atoms with Gasteiger partial charge in [0.1, 0.15) is 5.82 Å². The highest BCUT2D eigenvalue weighted by molar-refractivity contribution is 6.05. The van der Waals surface area contributed by atoms with E-state index in [0.717, 1.165) is 31.4 Å². The molecule has 1 saturated carbocycles. The molecule has 1 aromatic carbocycles. The van der Waals surface area contributed by atoms with Crippen molar-refractivity contribution in [1.29, 1.82) is 0 Å². The molecule has 0 spiro atoms. The van der Waals surface area contributed by atoms with Crippen molar-refractivity contribution in [3.8, 4) is 0 Å². The van der Waals surface area contributed by atoms with Gasteiger partial charge in [-0.05, 0) is 37.1 Å². The number of piperazine rings is 1. The second kappa shape index (κ2) is 7.89. The third-order valence-corrected chi connectivity index (χ3v) is 6.31. The lowest BCUT2D eigenvalue weighted by Gasteiger charge is -2.36. The molecule has 0 unspecified atom stereocenters. The lowest BCUT2D eigenvalue weighted by atomic mass is 9.81. The van der Waals surface area contributed by atoms with Crippen LogP contribution in [0.2, 0.25) is 0 Å². The summed E-state index contributed by atoms with van der Waals surface area (Å²) in [4.78, 5) is 42.8. The molecule has 7 heteroatoms. The average molecular weight is 387 g/mol. The molecule has 28 heavy (non-hydrogen) atoms. The van der Waals surface area contributed by atoms with E-state index < -0.39 is 0 Å². The number of halogens is 1. The topological polar surface area (TPSA) is 60.9 Å². The van der Waals surface area contributed by atoms with Gasteiger partial charge in [-0.1, -0.05) is 12.8 Å². The molecule has 6 nitrogen and oxygen atoms in total. The minimum atomic E-state index is -0.261. The molecular weight excluding hydrogens is 361 g/mol. The van der Waals surface area contributed by atoms with Crippen molar-refractivity contribution in [2.45, 2.75) is 32.1 Å². The Labute approximate surface area is 164 Å². The zero-order chi connectivity index (χ0) is 19.7. The summed E-state index contributed by atoms with van der Waals surface area (Å²) in [5, 5.41) is 0. The lowest BCUT2D eigenvalue weighted by Crippen LogP contribution is -2.49. The van der Waals surface area contributed by atoms with Crippen LogP contribution in [0.3, 0.4) is 0 Å². The molecule has 0 aromatic heterocycles. The molecule has 3 amide bonds. The fourth-order valence-corrected chi connectivity index (χ4v) is 4.68. The van der Waals surface area contributed by atoms with Gasteiger partial charge in [-0.15, -0.1) is 0 Å². The summed E-state index contributed by atoms with van der Waals surface area (Å²) in [6, 6.07) is 6.37. The first-order valence-electron chi connectivity index (χ1n) is 10.2. The number of rotatable bonds is 4. The van der Waals surface area contributed by atoms with E-state index in [4.69, 9.17) is 0 Å². The Kier molecular flexibility index (Phi) is 5.33. The van der Waals surface area contributed by atoms with E-state index in [1.807, 2.05) is 0 Å². The molecule has 3 fully saturated rings. The van der Waals surface area contributed by atoms with Gasteiger partial charge in [0, 0.05) is 44.8 Å².